The van der Waals surface area contributed by atoms with Crippen molar-refractivity contribution >= 4 is 27.5 Å². The Hall–Kier alpha value is -2.21. The highest BCUT2D eigenvalue weighted by Gasteiger charge is 2.48. The van der Waals surface area contributed by atoms with E-state index >= 15 is 0 Å². The minimum Gasteiger partial charge on any atom is -0.349 e. The van der Waals surface area contributed by atoms with Crippen molar-refractivity contribution in [2.45, 2.75) is 74.6 Å². The van der Waals surface area contributed by atoms with Crippen LogP contribution in [-0.4, -0.2) is 55.9 Å². The zero-order valence-electron chi connectivity index (χ0n) is 21.6. The zero-order valence-corrected chi connectivity index (χ0v) is 23.2. The van der Waals surface area contributed by atoms with Gasteiger partial charge in [0.25, 0.3) is 0 Å². The number of fused-ring (bicyclic) bond motifs is 1. The average Bonchev–Trinajstić information content (AvgIpc) is 2.88. The summed E-state index contributed by atoms with van der Waals surface area (Å²) in [6, 6.07) is 5.90. The van der Waals surface area contributed by atoms with E-state index in [9.17, 15) is 30.8 Å². The number of carbonyl (C=O) groups is 1. The molecule has 0 bridgehead atoms. The summed E-state index contributed by atoms with van der Waals surface area (Å²) in [4.78, 5) is 14.3. The second kappa shape index (κ2) is 12.1. The van der Waals surface area contributed by atoms with Gasteiger partial charge < -0.3 is 5.32 Å². The Kier molecular flexibility index (Phi) is 9.25. The van der Waals surface area contributed by atoms with E-state index in [0.29, 0.717) is 13.5 Å². The van der Waals surface area contributed by atoms with Crippen LogP contribution in [0, 0.1) is 5.82 Å². The predicted molar refractivity (Wildman–Crippen MR) is 140 cm³/mol. The highest BCUT2D eigenvalue weighted by atomic mass is 35.5. The Labute approximate surface area is 231 Å². The third kappa shape index (κ3) is 6.93. The maximum Gasteiger partial charge on any atom is 0.405 e. The molecule has 1 saturated heterocycles. The minimum absolute atomic E-state index is 0.0109. The summed E-state index contributed by atoms with van der Waals surface area (Å²) < 4.78 is 82.2. The summed E-state index contributed by atoms with van der Waals surface area (Å²) in [5.41, 5.74) is 3.09. The topological polar surface area (TPSA) is 69.7 Å². The molecular formula is C27H32ClF4N3O3S. The van der Waals surface area contributed by atoms with Crippen molar-refractivity contribution in [3.05, 3.63) is 63.9 Å². The number of carbonyl (C=O) groups excluding carboxylic acids is 1. The Morgan fingerprint density at radius 2 is 1.87 bits per heavy atom. The summed E-state index contributed by atoms with van der Waals surface area (Å²) >= 11 is 5.64. The van der Waals surface area contributed by atoms with Crippen LogP contribution in [0.3, 0.4) is 0 Å². The molecule has 4 rings (SSSR count). The van der Waals surface area contributed by atoms with E-state index in [1.807, 2.05) is 12.1 Å². The molecule has 0 aromatic heterocycles. The number of sulfonamides is 1. The summed E-state index contributed by atoms with van der Waals surface area (Å²) in [5, 5.41) is 2.14. The van der Waals surface area contributed by atoms with Crippen LogP contribution in [0.4, 0.5) is 17.6 Å². The van der Waals surface area contributed by atoms with Crippen LogP contribution in [0.5, 0.6) is 0 Å². The van der Waals surface area contributed by atoms with E-state index in [4.69, 9.17) is 11.6 Å². The van der Waals surface area contributed by atoms with Gasteiger partial charge in [-0.15, -0.1) is 0 Å². The molecule has 1 aliphatic carbocycles. The van der Waals surface area contributed by atoms with Crippen molar-refractivity contribution in [2.75, 3.05) is 20.1 Å². The Morgan fingerprint density at radius 1 is 1.15 bits per heavy atom. The molecule has 0 spiro atoms. The van der Waals surface area contributed by atoms with Crippen LogP contribution in [0.1, 0.15) is 61.3 Å². The van der Waals surface area contributed by atoms with Crippen LogP contribution in [0.25, 0.3) is 0 Å². The van der Waals surface area contributed by atoms with E-state index < -0.39 is 56.3 Å². The van der Waals surface area contributed by atoms with Crippen molar-refractivity contribution in [1.29, 1.82) is 0 Å². The van der Waals surface area contributed by atoms with Gasteiger partial charge in [-0.1, -0.05) is 42.3 Å². The predicted octanol–water partition coefficient (Wildman–Crippen LogP) is 5.60. The molecule has 1 amide bonds. The number of likely N-dealkylation sites (tertiary alicyclic amines) is 1. The zero-order chi connectivity index (χ0) is 28.4. The van der Waals surface area contributed by atoms with Gasteiger partial charge in [-0.2, -0.15) is 17.5 Å². The third-order valence-corrected chi connectivity index (χ3v) is 9.66. The molecule has 2 aliphatic rings. The summed E-state index contributed by atoms with van der Waals surface area (Å²) in [7, 11) is -4.27. The second-order valence-electron chi connectivity index (χ2n) is 10.2. The molecular weight excluding hydrogens is 558 g/mol. The number of hydrogen-bond donors (Lipinski definition) is 1. The first-order chi connectivity index (χ1) is 18.4. The lowest BCUT2D eigenvalue weighted by atomic mass is 9.86. The Morgan fingerprint density at radius 3 is 2.56 bits per heavy atom. The fraction of sp³-hybridized carbons (Fsp3) is 0.519. The highest BCUT2D eigenvalue weighted by Crippen LogP contribution is 2.34. The SMILES string of the molecule is CN([C@@H](CC(=O)N[C@@H]1CCCc2cc(CN3CCCCC3)ccc21)C(F)(F)F)S(=O)(=O)c1cccc(Cl)c1F. The van der Waals surface area contributed by atoms with E-state index in [0.717, 1.165) is 61.8 Å². The van der Waals surface area contributed by atoms with Gasteiger partial charge in [0.15, 0.2) is 5.82 Å². The van der Waals surface area contributed by atoms with Gasteiger partial charge in [-0.25, -0.2) is 12.8 Å². The number of benzene rings is 2. The van der Waals surface area contributed by atoms with Crippen molar-refractivity contribution in [3.63, 3.8) is 0 Å². The van der Waals surface area contributed by atoms with Gasteiger partial charge in [0.1, 0.15) is 10.9 Å². The molecule has 2 aromatic carbocycles. The van der Waals surface area contributed by atoms with Gasteiger partial charge >= 0.3 is 6.18 Å². The molecule has 0 saturated carbocycles. The smallest absolute Gasteiger partial charge is 0.349 e. The minimum atomic E-state index is -5.08. The van der Waals surface area contributed by atoms with Gasteiger partial charge in [-0.3, -0.25) is 9.69 Å². The van der Waals surface area contributed by atoms with Crippen molar-refractivity contribution < 1.29 is 30.8 Å². The van der Waals surface area contributed by atoms with Crippen molar-refractivity contribution in [3.8, 4) is 0 Å². The van der Waals surface area contributed by atoms with E-state index in [1.54, 1.807) is 0 Å². The molecule has 1 fully saturated rings. The molecule has 0 unspecified atom stereocenters. The summed E-state index contributed by atoms with van der Waals surface area (Å²) in [6.07, 6.45) is -0.504. The van der Waals surface area contributed by atoms with Gasteiger partial charge in [-0.05, 0) is 74.0 Å². The number of amides is 1. The molecule has 0 radical (unpaired) electrons. The Balaban J connectivity index is 1.48. The molecule has 2 atom stereocenters. The maximum absolute atomic E-state index is 14.4. The van der Waals surface area contributed by atoms with Crippen molar-refractivity contribution in [2.24, 2.45) is 0 Å². The van der Waals surface area contributed by atoms with Gasteiger partial charge in [0, 0.05) is 13.6 Å². The van der Waals surface area contributed by atoms with Crippen molar-refractivity contribution in [1.82, 2.24) is 14.5 Å². The third-order valence-electron chi connectivity index (χ3n) is 7.48. The lowest BCUT2D eigenvalue weighted by molar-refractivity contribution is -0.173. The lowest BCUT2D eigenvalue weighted by Crippen LogP contribution is -2.49. The molecule has 12 heteroatoms. The van der Waals surface area contributed by atoms with Crippen LogP contribution < -0.4 is 5.32 Å². The molecule has 2 aromatic rings. The monoisotopic (exact) mass is 589 g/mol. The first kappa shape index (κ1) is 29.8. The van der Waals surface area contributed by atoms with E-state index in [2.05, 4.69) is 16.3 Å². The molecule has 214 valence electrons. The number of rotatable bonds is 8. The fourth-order valence-corrected chi connectivity index (χ4v) is 7.03. The number of hydrogen-bond acceptors (Lipinski definition) is 4. The van der Waals surface area contributed by atoms with E-state index in [-0.39, 0.29) is 4.31 Å². The lowest BCUT2D eigenvalue weighted by Gasteiger charge is -2.31. The van der Waals surface area contributed by atoms with Crippen LogP contribution >= 0.6 is 11.6 Å². The average molecular weight is 590 g/mol. The standard InChI is InChI=1S/C27H32ClF4N3O3S/c1-34(39(37,38)23-10-6-8-21(28)26(23)29)24(27(30,31)32)16-25(36)33-22-9-5-7-19-15-18(11-12-20(19)22)17-35-13-3-2-4-14-35/h6,8,10-12,15,22,24H,2-5,7,9,13-14,16-17H2,1H3,(H,33,36)/t22-,24+/m1/s1. The maximum atomic E-state index is 14.4. The van der Waals surface area contributed by atoms with Crippen LogP contribution in [0.2, 0.25) is 5.02 Å². The number of piperidine rings is 1. The number of halogens is 5. The summed E-state index contributed by atoms with van der Waals surface area (Å²) in [6.45, 7) is 2.96. The number of aryl methyl sites for hydroxylation is 1. The molecule has 39 heavy (non-hydrogen) atoms. The first-order valence-electron chi connectivity index (χ1n) is 13.0. The number of alkyl halides is 3. The highest BCUT2D eigenvalue weighted by molar-refractivity contribution is 7.89. The quantitative estimate of drug-likeness (QED) is 0.407. The normalized spacial score (nSPS) is 19.5. The number of nitrogens with one attached hydrogen (secondary N) is 1. The molecule has 1 aliphatic heterocycles. The van der Waals surface area contributed by atoms with Gasteiger partial charge in [0.2, 0.25) is 15.9 Å². The fourth-order valence-electron chi connectivity index (χ4n) is 5.38. The summed E-state index contributed by atoms with van der Waals surface area (Å²) in [5.74, 6) is -2.30. The van der Waals surface area contributed by atoms with Crippen LogP contribution in [0.15, 0.2) is 41.3 Å². The largest absolute Gasteiger partial charge is 0.405 e. The second-order valence-corrected chi connectivity index (χ2v) is 12.6. The molecule has 1 heterocycles. The molecule has 1 N–H and O–H groups in total. The van der Waals surface area contributed by atoms with Crippen LogP contribution in [-0.2, 0) is 27.8 Å². The Bertz CT molecular complexity index is 1300. The van der Waals surface area contributed by atoms with Gasteiger partial charge in [0.05, 0.1) is 17.5 Å². The first-order valence-corrected chi connectivity index (χ1v) is 14.8. The molecule has 6 nitrogen and oxygen atoms in total. The number of nitrogens with zero attached hydrogens (tertiary/aromatic N) is 2. The van der Waals surface area contributed by atoms with E-state index in [1.165, 1.54) is 24.8 Å².